The Bertz CT molecular complexity index is 1600. The molecule has 1 saturated heterocycles. The summed E-state index contributed by atoms with van der Waals surface area (Å²) in [5.41, 5.74) is 3.11. The van der Waals surface area contributed by atoms with Crippen LogP contribution in [0.1, 0.15) is 12.8 Å². The predicted molar refractivity (Wildman–Crippen MR) is 136 cm³/mol. The molecule has 1 aliphatic rings. The smallest absolute Gasteiger partial charge is 0.456 e. The van der Waals surface area contributed by atoms with E-state index in [1.165, 1.54) is 0 Å². The Balaban J connectivity index is 1.23. The number of aromatic nitrogens is 5. The first-order chi connectivity index (χ1) is 18.8. The molecule has 0 saturated carbocycles. The summed E-state index contributed by atoms with van der Waals surface area (Å²) in [4.78, 5) is 23.6. The zero-order valence-electron chi connectivity index (χ0n) is 20.2. The average Bonchev–Trinajstić information content (AvgIpc) is 3.55. The third kappa shape index (κ3) is 5.08. The van der Waals surface area contributed by atoms with Gasteiger partial charge in [0.25, 0.3) is 0 Å². The van der Waals surface area contributed by atoms with E-state index in [9.17, 15) is 18.0 Å². The molecule has 4 N–H and O–H groups in total. The summed E-state index contributed by atoms with van der Waals surface area (Å²) in [6, 6.07) is 16.1. The van der Waals surface area contributed by atoms with Crippen LogP contribution in [0.3, 0.4) is 0 Å². The number of carbonyl (C=O) groups is 1. The van der Waals surface area contributed by atoms with Gasteiger partial charge in [0, 0.05) is 17.8 Å². The minimum Gasteiger partial charge on any atom is -0.456 e. The lowest BCUT2D eigenvalue weighted by Crippen LogP contribution is -2.52. The quantitative estimate of drug-likeness (QED) is 0.225. The number of pyridine rings is 1. The summed E-state index contributed by atoms with van der Waals surface area (Å²) < 4.78 is 49.2. The summed E-state index contributed by atoms with van der Waals surface area (Å²) in [6.45, 7) is 0.412. The Morgan fingerprint density at radius 1 is 1.08 bits per heavy atom. The molecular weight excluding hydrogens is 515 g/mol. The Kier molecular flexibility index (Phi) is 6.27. The van der Waals surface area contributed by atoms with Gasteiger partial charge in [-0.3, -0.25) is 10.4 Å². The predicted octanol–water partition coefficient (Wildman–Crippen LogP) is 4.89. The molecule has 6 rings (SSSR count). The van der Waals surface area contributed by atoms with Gasteiger partial charge in [-0.1, -0.05) is 12.1 Å². The second-order valence-corrected chi connectivity index (χ2v) is 9.00. The van der Waals surface area contributed by atoms with Gasteiger partial charge in [0.1, 0.15) is 22.7 Å². The third-order valence-corrected chi connectivity index (χ3v) is 6.36. The lowest BCUT2D eigenvalue weighted by Gasteiger charge is -2.32. The molecule has 3 aromatic heterocycles. The SMILES string of the molecule is O=C(OC1NCCC[C@H]1Nc1n[nH]c2nccc(Oc3ccc(-c4nc5ccccc5[nH]4)cc3)c12)C(F)(F)F. The number of aromatic amines is 2. The molecule has 0 amide bonds. The topological polar surface area (TPSA) is 130 Å². The van der Waals surface area contributed by atoms with Crippen molar-refractivity contribution < 1.29 is 27.4 Å². The van der Waals surface area contributed by atoms with Crippen LogP contribution >= 0.6 is 0 Å². The van der Waals surface area contributed by atoms with Crippen LogP contribution in [0.4, 0.5) is 19.0 Å². The molecule has 39 heavy (non-hydrogen) atoms. The number of alkyl halides is 3. The standard InChI is InChI=1S/C26H22F3N7O3/c27-26(28,29)25(37)39-24-18(6-3-12-31-24)34-23-20-19(11-13-30-22(20)35-36-23)38-15-9-7-14(8-10-15)21-32-16-4-1-2-5-17(16)33-21/h1-2,4-5,7-11,13,18,24,31H,3,6,12H2,(H,32,33)(H2,30,34,35,36)/t18-,24?/m1/s1. The highest BCUT2D eigenvalue weighted by atomic mass is 19.4. The summed E-state index contributed by atoms with van der Waals surface area (Å²) in [6.07, 6.45) is -3.60. The molecule has 5 aromatic rings. The van der Waals surface area contributed by atoms with Crippen LogP contribution in [-0.2, 0) is 9.53 Å². The highest BCUT2D eigenvalue weighted by molar-refractivity contribution is 5.93. The van der Waals surface area contributed by atoms with Crippen LogP contribution in [0.15, 0.2) is 60.8 Å². The molecule has 0 aliphatic carbocycles. The molecule has 1 fully saturated rings. The van der Waals surface area contributed by atoms with Gasteiger partial charge < -0.3 is 19.8 Å². The number of fused-ring (bicyclic) bond motifs is 2. The molecule has 200 valence electrons. The van der Waals surface area contributed by atoms with Crippen molar-refractivity contribution in [2.75, 3.05) is 11.9 Å². The first-order valence-corrected chi connectivity index (χ1v) is 12.2. The summed E-state index contributed by atoms with van der Waals surface area (Å²) in [5.74, 6) is -0.227. The normalized spacial score (nSPS) is 17.8. The number of ether oxygens (including phenoxy) is 2. The molecule has 2 aromatic carbocycles. The third-order valence-electron chi connectivity index (χ3n) is 6.36. The van der Waals surface area contributed by atoms with E-state index in [0.29, 0.717) is 47.7 Å². The van der Waals surface area contributed by atoms with E-state index in [1.807, 2.05) is 36.4 Å². The average molecular weight is 538 g/mol. The van der Waals surface area contributed by atoms with Gasteiger partial charge in [-0.2, -0.15) is 18.3 Å². The number of rotatable bonds is 6. The lowest BCUT2D eigenvalue weighted by molar-refractivity contribution is -0.207. The zero-order chi connectivity index (χ0) is 27.0. The minimum atomic E-state index is -5.09. The summed E-state index contributed by atoms with van der Waals surface area (Å²) in [7, 11) is 0. The van der Waals surface area contributed by atoms with Crippen LogP contribution < -0.4 is 15.4 Å². The molecule has 1 unspecified atom stereocenters. The maximum absolute atomic E-state index is 12.8. The molecule has 2 atom stereocenters. The second kappa shape index (κ2) is 9.91. The number of H-pyrrole nitrogens is 2. The summed E-state index contributed by atoms with van der Waals surface area (Å²) in [5, 5.41) is 13.5. The van der Waals surface area contributed by atoms with Crippen molar-refractivity contribution >= 4 is 33.9 Å². The number of imidazole rings is 1. The molecule has 10 nitrogen and oxygen atoms in total. The first-order valence-electron chi connectivity index (χ1n) is 12.2. The van der Waals surface area contributed by atoms with E-state index in [2.05, 4.69) is 35.8 Å². The molecule has 13 heteroatoms. The van der Waals surface area contributed by atoms with Gasteiger partial charge in [0.05, 0.1) is 17.1 Å². The fourth-order valence-corrected chi connectivity index (χ4v) is 4.50. The Hall–Kier alpha value is -4.65. The van der Waals surface area contributed by atoms with Crippen LogP contribution in [0.25, 0.3) is 33.5 Å². The van der Waals surface area contributed by atoms with Crippen LogP contribution in [-0.4, -0.2) is 56.1 Å². The van der Waals surface area contributed by atoms with E-state index in [-0.39, 0.29) is 0 Å². The number of carbonyl (C=O) groups excluding carboxylic acids is 1. The van der Waals surface area contributed by atoms with Gasteiger partial charge in [-0.15, -0.1) is 0 Å². The highest BCUT2D eigenvalue weighted by Gasteiger charge is 2.44. The lowest BCUT2D eigenvalue weighted by atomic mass is 10.1. The maximum Gasteiger partial charge on any atom is 0.490 e. The largest absolute Gasteiger partial charge is 0.490 e. The zero-order valence-corrected chi connectivity index (χ0v) is 20.2. The number of para-hydroxylation sites is 2. The number of anilines is 1. The van der Waals surface area contributed by atoms with E-state index in [0.717, 1.165) is 22.4 Å². The monoisotopic (exact) mass is 537 g/mol. The highest BCUT2D eigenvalue weighted by Crippen LogP contribution is 2.34. The van der Waals surface area contributed by atoms with Crippen molar-refractivity contribution in [2.24, 2.45) is 0 Å². The van der Waals surface area contributed by atoms with Gasteiger partial charge in [-0.05, 0) is 55.8 Å². The molecular formula is C26H22F3N7O3. The Labute approximate surface area is 218 Å². The number of halogens is 3. The van der Waals surface area contributed by atoms with Gasteiger partial charge in [0.15, 0.2) is 17.7 Å². The number of nitrogens with one attached hydrogen (secondary N) is 4. The van der Waals surface area contributed by atoms with Crippen molar-refractivity contribution in [1.82, 2.24) is 30.5 Å². The second-order valence-electron chi connectivity index (χ2n) is 9.00. The number of esters is 1. The van der Waals surface area contributed by atoms with Crippen molar-refractivity contribution in [3.05, 3.63) is 60.8 Å². The van der Waals surface area contributed by atoms with Crippen molar-refractivity contribution in [3.63, 3.8) is 0 Å². The number of nitrogens with zero attached hydrogens (tertiary/aromatic N) is 3. The molecule has 0 spiro atoms. The van der Waals surface area contributed by atoms with Crippen molar-refractivity contribution in [2.45, 2.75) is 31.3 Å². The minimum absolute atomic E-state index is 0.314. The van der Waals surface area contributed by atoms with Crippen LogP contribution in [0, 0.1) is 0 Å². The van der Waals surface area contributed by atoms with Crippen LogP contribution in [0.2, 0.25) is 0 Å². The van der Waals surface area contributed by atoms with E-state index >= 15 is 0 Å². The van der Waals surface area contributed by atoms with Crippen LogP contribution in [0.5, 0.6) is 11.5 Å². The molecule has 4 heterocycles. The van der Waals surface area contributed by atoms with Gasteiger partial charge in [0.2, 0.25) is 0 Å². The Morgan fingerprint density at radius 3 is 2.69 bits per heavy atom. The maximum atomic E-state index is 12.8. The summed E-state index contributed by atoms with van der Waals surface area (Å²) >= 11 is 0. The molecule has 0 radical (unpaired) electrons. The fourth-order valence-electron chi connectivity index (χ4n) is 4.50. The first kappa shape index (κ1) is 24.7. The van der Waals surface area contributed by atoms with E-state index in [4.69, 9.17) is 9.47 Å². The number of hydrogen-bond acceptors (Lipinski definition) is 8. The van der Waals surface area contributed by atoms with Crippen molar-refractivity contribution in [1.29, 1.82) is 0 Å². The van der Waals surface area contributed by atoms with E-state index in [1.54, 1.807) is 24.4 Å². The number of hydrogen-bond donors (Lipinski definition) is 4. The molecule has 0 bridgehead atoms. The van der Waals surface area contributed by atoms with E-state index < -0.39 is 24.4 Å². The number of piperidine rings is 1. The van der Waals surface area contributed by atoms with Crippen molar-refractivity contribution in [3.8, 4) is 22.9 Å². The Morgan fingerprint density at radius 2 is 1.90 bits per heavy atom. The number of benzene rings is 2. The van der Waals surface area contributed by atoms with Gasteiger partial charge in [-0.25, -0.2) is 14.8 Å². The van der Waals surface area contributed by atoms with Gasteiger partial charge >= 0.3 is 12.1 Å². The fraction of sp³-hybridized carbons (Fsp3) is 0.231. The molecule has 1 aliphatic heterocycles.